The average molecular weight is 364 g/mol. The summed E-state index contributed by atoms with van der Waals surface area (Å²) in [6.07, 6.45) is 1.89. The molecule has 0 N–H and O–H groups in total. The van der Waals surface area contributed by atoms with Gasteiger partial charge < -0.3 is 4.74 Å². The number of aromatic nitrogens is 1. The first kappa shape index (κ1) is 16.2. The largest absolute Gasteiger partial charge is 0.466 e. The minimum absolute atomic E-state index is 0.193. The third-order valence-corrected chi connectivity index (χ3v) is 3.99. The first-order valence-corrected chi connectivity index (χ1v) is 7.48. The highest BCUT2D eigenvalue weighted by atomic mass is 79.9. The number of para-hydroxylation sites is 1. The molecule has 1 aromatic carbocycles. The van der Waals surface area contributed by atoms with Crippen LogP contribution in [0.5, 0.6) is 0 Å². The lowest BCUT2D eigenvalue weighted by molar-refractivity contribution is -0.142. The average Bonchev–Trinajstić information content (AvgIpc) is 2.53. The molecule has 1 aromatic heterocycles. The van der Waals surface area contributed by atoms with Gasteiger partial charge in [-0.3, -0.25) is 19.0 Å². The van der Waals surface area contributed by atoms with Gasteiger partial charge in [0.15, 0.2) is 6.29 Å². The summed E-state index contributed by atoms with van der Waals surface area (Å²) in [6, 6.07) is 8.90. The number of rotatable bonds is 5. The van der Waals surface area contributed by atoms with Gasteiger partial charge in [-0.05, 0) is 35.0 Å². The zero-order chi connectivity index (χ0) is 16.1. The molecule has 0 aliphatic carbocycles. The molecule has 0 spiro atoms. The molecule has 6 heteroatoms. The van der Waals surface area contributed by atoms with Gasteiger partial charge in [-0.2, -0.15) is 0 Å². The van der Waals surface area contributed by atoms with Crippen molar-refractivity contribution in [3.05, 3.63) is 62.5 Å². The van der Waals surface area contributed by atoms with Crippen LogP contribution in [0, 0.1) is 0 Å². The van der Waals surface area contributed by atoms with Crippen molar-refractivity contribution in [1.29, 1.82) is 0 Å². The molecule has 2 aromatic rings. The van der Waals surface area contributed by atoms with Gasteiger partial charge in [0.2, 0.25) is 0 Å². The molecule has 0 unspecified atom stereocenters. The summed E-state index contributed by atoms with van der Waals surface area (Å²) in [5.74, 6) is -0.511. The molecular weight excluding hydrogens is 350 g/mol. The summed E-state index contributed by atoms with van der Waals surface area (Å²) in [5.41, 5.74) is 0.750. The molecule has 0 atom stereocenters. The molecule has 0 bridgehead atoms. The van der Waals surface area contributed by atoms with Crippen LogP contribution in [0.3, 0.4) is 0 Å². The fourth-order valence-corrected chi connectivity index (χ4v) is 2.55. The third kappa shape index (κ3) is 3.33. The Kier molecular flexibility index (Phi) is 5.27. The van der Waals surface area contributed by atoms with E-state index < -0.39 is 5.97 Å². The van der Waals surface area contributed by atoms with Crippen molar-refractivity contribution in [2.24, 2.45) is 0 Å². The van der Waals surface area contributed by atoms with Crippen LogP contribution < -0.4 is 5.56 Å². The fourth-order valence-electron chi connectivity index (χ4n) is 2.04. The maximum atomic E-state index is 12.6. The molecule has 114 valence electrons. The number of benzene rings is 1. The van der Waals surface area contributed by atoms with E-state index in [9.17, 15) is 14.4 Å². The van der Waals surface area contributed by atoms with Crippen LogP contribution in [-0.2, 0) is 16.0 Å². The van der Waals surface area contributed by atoms with Gasteiger partial charge in [-0.25, -0.2) is 0 Å². The lowest BCUT2D eigenvalue weighted by Gasteiger charge is -2.12. The number of ether oxygens (including phenoxy) is 1. The quantitative estimate of drug-likeness (QED) is 0.604. The predicted molar refractivity (Wildman–Crippen MR) is 85.5 cm³/mol. The highest BCUT2D eigenvalue weighted by Gasteiger charge is 2.18. The summed E-state index contributed by atoms with van der Waals surface area (Å²) >= 11 is 3.23. The number of esters is 1. The zero-order valence-electron chi connectivity index (χ0n) is 11.9. The minimum Gasteiger partial charge on any atom is -0.466 e. The Labute approximate surface area is 135 Å². The van der Waals surface area contributed by atoms with E-state index in [4.69, 9.17) is 4.74 Å². The van der Waals surface area contributed by atoms with E-state index in [1.807, 2.05) is 6.07 Å². The topological polar surface area (TPSA) is 65.4 Å². The van der Waals surface area contributed by atoms with E-state index >= 15 is 0 Å². The van der Waals surface area contributed by atoms with Crippen molar-refractivity contribution in [1.82, 2.24) is 4.57 Å². The van der Waals surface area contributed by atoms with E-state index in [0.717, 1.165) is 0 Å². The Balaban J connectivity index is 2.60. The van der Waals surface area contributed by atoms with Gasteiger partial charge >= 0.3 is 5.97 Å². The van der Waals surface area contributed by atoms with Gasteiger partial charge in [0.1, 0.15) is 0 Å². The Morgan fingerprint density at radius 1 is 1.32 bits per heavy atom. The van der Waals surface area contributed by atoms with E-state index in [1.54, 1.807) is 31.2 Å². The maximum Gasteiger partial charge on any atom is 0.310 e. The van der Waals surface area contributed by atoms with E-state index in [0.29, 0.717) is 22.0 Å². The summed E-state index contributed by atoms with van der Waals surface area (Å²) in [4.78, 5) is 35.5. The molecule has 0 saturated heterocycles. The van der Waals surface area contributed by atoms with Crippen molar-refractivity contribution in [3.8, 4) is 5.69 Å². The molecule has 0 aliphatic heterocycles. The smallest absolute Gasteiger partial charge is 0.310 e. The highest BCUT2D eigenvalue weighted by Crippen LogP contribution is 2.20. The van der Waals surface area contributed by atoms with Gasteiger partial charge in [-0.1, -0.05) is 18.2 Å². The molecule has 0 saturated carbocycles. The van der Waals surface area contributed by atoms with Crippen LogP contribution >= 0.6 is 15.9 Å². The summed E-state index contributed by atoms with van der Waals surface area (Å²) in [5, 5.41) is 0. The van der Waals surface area contributed by atoms with Crippen molar-refractivity contribution >= 4 is 28.2 Å². The standard InChI is InChI=1S/C16H14BrNO4/c1-2-22-14(20)8-13-15(17)11(10-19)9-18(16(13)21)12-6-4-3-5-7-12/h3-7,9-10H,2,8H2,1H3. The summed E-state index contributed by atoms with van der Waals surface area (Å²) in [6.45, 7) is 1.92. The Morgan fingerprint density at radius 2 is 2.00 bits per heavy atom. The molecule has 0 amide bonds. The number of nitrogens with zero attached hydrogens (tertiary/aromatic N) is 1. The van der Waals surface area contributed by atoms with Crippen LogP contribution in [-0.4, -0.2) is 23.4 Å². The normalized spacial score (nSPS) is 10.3. The number of hydrogen-bond donors (Lipinski definition) is 0. The number of carbonyl (C=O) groups excluding carboxylic acids is 2. The fraction of sp³-hybridized carbons (Fsp3) is 0.188. The lowest BCUT2D eigenvalue weighted by atomic mass is 10.1. The molecule has 1 heterocycles. The molecule has 0 radical (unpaired) electrons. The van der Waals surface area contributed by atoms with Crippen LogP contribution in [0.1, 0.15) is 22.8 Å². The van der Waals surface area contributed by atoms with Gasteiger partial charge in [0, 0.05) is 27.5 Å². The van der Waals surface area contributed by atoms with Gasteiger partial charge in [0.05, 0.1) is 13.0 Å². The van der Waals surface area contributed by atoms with Crippen molar-refractivity contribution < 1.29 is 14.3 Å². The molecule has 5 nitrogen and oxygen atoms in total. The van der Waals surface area contributed by atoms with Crippen LogP contribution in [0.2, 0.25) is 0 Å². The van der Waals surface area contributed by atoms with Crippen molar-refractivity contribution in [3.63, 3.8) is 0 Å². The zero-order valence-corrected chi connectivity index (χ0v) is 13.5. The SMILES string of the molecule is CCOC(=O)Cc1c(Br)c(C=O)cn(-c2ccccc2)c1=O. The second-order valence-electron chi connectivity index (χ2n) is 4.49. The van der Waals surface area contributed by atoms with Gasteiger partial charge in [0.25, 0.3) is 5.56 Å². The van der Waals surface area contributed by atoms with E-state index in [2.05, 4.69) is 15.9 Å². The maximum absolute atomic E-state index is 12.6. The second-order valence-corrected chi connectivity index (χ2v) is 5.28. The summed E-state index contributed by atoms with van der Waals surface area (Å²) in [7, 11) is 0. The van der Waals surface area contributed by atoms with E-state index in [-0.39, 0.29) is 24.2 Å². The van der Waals surface area contributed by atoms with Crippen LogP contribution in [0.4, 0.5) is 0 Å². The number of hydrogen-bond acceptors (Lipinski definition) is 4. The summed E-state index contributed by atoms with van der Waals surface area (Å²) < 4.78 is 6.56. The van der Waals surface area contributed by atoms with Crippen molar-refractivity contribution in [2.45, 2.75) is 13.3 Å². The molecule has 22 heavy (non-hydrogen) atoms. The molecule has 2 rings (SSSR count). The Bertz CT molecular complexity index is 753. The van der Waals surface area contributed by atoms with Crippen LogP contribution in [0.25, 0.3) is 5.69 Å². The highest BCUT2D eigenvalue weighted by molar-refractivity contribution is 9.10. The first-order chi connectivity index (χ1) is 10.6. The monoisotopic (exact) mass is 363 g/mol. The Morgan fingerprint density at radius 3 is 2.59 bits per heavy atom. The molecule has 0 aliphatic rings. The number of carbonyl (C=O) groups is 2. The first-order valence-electron chi connectivity index (χ1n) is 6.68. The Hall–Kier alpha value is -2.21. The van der Waals surface area contributed by atoms with E-state index in [1.165, 1.54) is 10.8 Å². The molecular formula is C16H14BrNO4. The predicted octanol–water partition coefficient (Wildman–Crippen LogP) is 2.52. The third-order valence-electron chi connectivity index (χ3n) is 3.05. The van der Waals surface area contributed by atoms with Crippen molar-refractivity contribution in [2.75, 3.05) is 6.61 Å². The van der Waals surface area contributed by atoms with Gasteiger partial charge in [-0.15, -0.1) is 0 Å². The van der Waals surface area contributed by atoms with Crippen LogP contribution in [0.15, 0.2) is 45.8 Å². The number of aldehydes is 1. The lowest BCUT2D eigenvalue weighted by Crippen LogP contribution is -2.26. The molecule has 0 fully saturated rings. The minimum atomic E-state index is -0.511. The number of pyridine rings is 1. The number of halogens is 1. The second kappa shape index (κ2) is 7.17.